The van der Waals surface area contributed by atoms with Crippen LogP contribution in [0.15, 0.2) is 18.3 Å². The summed E-state index contributed by atoms with van der Waals surface area (Å²) in [5.41, 5.74) is 0.944. The average Bonchev–Trinajstić information content (AvgIpc) is 3.11. The summed E-state index contributed by atoms with van der Waals surface area (Å²) < 4.78 is 46.8. The molecule has 35 heavy (non-hydrogen) atoms. The van der Waals surface area contributed by atoms with Crippen molar-refractivity contribution in [3.8, 4) is 5.19 Å². The third kappa shape index (κ3) is 7.16. The fraction of sp³-hybridized carbons (Fsp3) is 0.640. The van der Waals surface area contributed by atoms with Gasteiger partial charge in [0.15, 0.2) is 6.61 Å². The van der Waals surface area contributed by atoms with Gasteiger partial charge in [0.25, 0.3) is 17.0 Å². The van der Waals surface area contributed by atoms with Crippen LogP contribution in [0.5, 0.6) is 5.19 Å². The van der Waals surface area contributed by atoms with E-state index in [0.717, 1.165) is 37.0 Å². The molecule has 2 aromatic heterocycles. The van der Waals surface area contributed by atoms with Crippen LogP contribution < -0.4 is 10.1 Å². The minimum absolute atomic E-state index is 0.0182. The smallest absolute Gasteiger partial charge is 0.278 e. The molecule has 0 unspecified atom stereocenters. The second-order valence-electron chi connectivity index (χ2n) is 9.84. The molecule has 0 atom stereocenters. The van der Waals surface area contributed by atoms with Gasteiger partial charge in [0, 0.05) is 55.8 Å². The highest BCUT2D eigenvalue weighted by Crippen LogP contribution is 2.36. The van der Waals surface area contributed by atoms with Crippen LogP contribution in [0.2, 0.25) is 0 Å². The van der Waals surface area contributed by atoms with Crippen molar-refractivity contribution in [2.75, 3.05) is 26.2 Å². The molecule has 0 bridgehead atoms. The van der Waals surface area contributed by atoms with E-state index in [0.29, 0.717) is 61.5 Å². The van der Waals surface area contributed by atoms with Gasteiger partial charge >= 0.3 is 0 Å². The van der Waals surface area contributed by atoms with Crippen LogP contribution >= 0.6 is 11.3 Å². The fourth-order valence-electron chi connectivity index (χ4n) is 4.73. The van der Waals surface area contributed by atoms with Gasteiger partial charge in [0.05, 0.1) is 11.3 Å². The van der Waals surface area contributed by atoms with Gasteiger partial charge in [-0.05, 0) is 57.6 Å². The number of hydrogen-bond acceptors (Lipinski definition) is 6. The molecule has 0 spiro atoms. The molecule has 10 heteroatoms. The number of carbonyl (C=O) groups excluding carboxylic acids is 1. The summed E-state index contributed by atoms with van der Waals surface area (Å²) in [7, 11) is 0. The number of halogens is 3. The molecule has 2 aromatic rings. The number of nitrogens with zero attached hydrogens (tertiary/aromatic N) is 3. The molecule has 0 saturated heterocycles. The van der Waals surface area contributed by atoms with E-state index in [9.17, 15) is 13.6 Å². The number of fused-ring (bicyclic) bond motifs is 1. The van der Waals surface area contributed by atoms with Crippen molar-refractivity contribution in [2.24, 2.45) is 0 Å². The van der Waals surface area contributed by atoms with Crippen LogP contribution in [0.3, 0.4) is 0 Å². The summed E-state index contributed by atoms with van der Waals surface area (Å²) in [6.07, 6.45) is 5.73. The second-order valence-corrected chi connectivity index (χ2v) is 10.9. The van der Waals surface area contributed by atoms with E-state index in [4.69, 9.17) is 4.74 Å². The van der Waals surface area contributed by atoms with Crippen molar-refractivity contribution in [3.63, 3.8) is 0 Å². The van der Waals surface area contributed by atoms with Gasteiger partial charge in [-0.2, -0.15) is 0 Å². The summed E-state index contributed by atoms with van der Waals surface area (Å²) in [6, 6.07) is 3.48. The van der Waals surface area contributed by atoms with E-state index >= 15 is 4.39 Å². The predicted molar refractivity (Wildman–Crippen MR) is 129 cm³/mol. The quantitative estimate of drug-likeness (QED) is 0.555. The highest BCUT2D eigenvalue weighted by atomic mass is 32.1. The molecule has 0 radical (unpaired) electrons. The Morgan fingerprint density at radius 1 is 1.31 bits per heavy atom. The van der Waals surface area contributed by atoms with Gasteiger partial charge in [-0.15, -0.1) is 0 Å². The van der Waals surface area contributed by atoms with Crippen LogP contribution in [0.4, 0.5) is 13.2 Å². The summed E-state index contributed by atoms with van der Waals surface area (Å²) in [6.45, 7) is 4.19. The number of pyridine rings is 1. The lowest BCUT2D eigenvalue weighted by Crippen LogP contribution is -2.43. The molecule has 1 saturated carbocycles. The molecular weight excluding hydrogens is 477 g/mol. The zero-order chi connectivity index (χ0) is 25.1. The van der Waals surface area contributed by atoms with Gasteiger partial charge in [0.1, 0.15) is 5.67 Å². The number of amides is 1. The molecule has 1 fully saturated rings. The van der Waals surface area contributed by atoms with E-state index in [1.807, 2.05) is 0 Å². The molecule has 1 aliphatic heterocycles. The Labute approximate surface area is 208 Å². The number of aryl methyl sites for hydroxylation is 1. The molecular formula is C25H33F3N4O2S. The summed E-state index contributed by atoms with van der Waals surface area (Å²) in [4.78, 5) is 24.4. The highest BCUT2D eigenvalue weighted by Gasteiger charge is 2.36. The summed E-state index contributed by atoms with van der Waals surface area (Å²) in [5.74, 6) is -3.03. The molecule has 1 N–H and O–H groups in total. The first-order chi connectivity index (χ1) is 16.6. The molecule has 3 heterocycles. The van der Waals surface area contributed by atoms with Crippen molar-refractivity contribution < 1.29 is 22.7 Å². The fourth-order valence-corrected chi connectivity index (χ4v) is 5.68. The Balaban J connectivity index is 1.20. The first-order valence-electron chi connectivity index (χ1n) is 12.2. The monoisotopic (exact) mass is 510 g/mol. The Kier molecular flexibility index (Phi) is 8.00. The molecule has 1 aliphatic carbocycles. The standard InChI is InChI=1S/C25H33F3N4O2S/c1-17-19(4-3-12-29-17)22(33)30-18-5-9-25(28,10-6-18)11-15-32-13-7-20-21(8-14-32)35-23(31-20)34-16-24(2,26)27/h3-4,12,18H,5-11,13-16H2,1-2H3,(H,30,33). The Morgan fingerprint density at radius 2 is 2.06 bits per heavy atom. The summed E-state index contributed by atoms with van der Waals surface area (Å²) >= 11 is 1.34. The first kappa shape index (κ1) is 25.9. The van der Waals surface area contributed by atoms with Crippen molar-refractivity contribution in [1.82, 2.24) is 20.2 Å². The van der Waals surface area contributed by atoms with E-state index in [1.54, 1.807) is 25.3 Å². The minimum Gasteiger partial charge on any atom is -0.464 e. The zero-order valence-corrected chi connectivity index (χ0v) is 21.1. The number of rotatable bonds is 8. The van der Waals surface area contributed by atoms with Crippen LogP contribution in [0.25, 0.3) is 0 Å². The average molecular weight is 511 g/mol. The molecule has 6 nitrogen and oxygen atoms in total. The third-order valence-corrected chi connectivity index (χ3v) is 7.94. The number of ether oxygens (including phenoxy) is 1. The Bertz CT molecular complexity index is 993. The van der Waals surface area contributed by atoms with Crippen molar-refractivity contribution in [2.45, 2.75) is 76.4 Å². The van der Waals surface area contributed by atoms with Crippen LogP contribution in [-0.2, 0) is 12.8 Å². The zero-order valence-electron chi connectivity index (χ0n) is 20.3. The Hall–Kier alpha value is -2.20. The number of thiazole rings is 1. The van der Waals surface area contributed by atoms with Gasteiger partial charge in [0.2, 0.25) is 0 Å². The highest BCUT2D eigenvalue weighted by molar-refractivity contribution is 7.13. The molecule has 0 aromatic carbocycles. The van der Waals surface area contributed by atoms with E-state index in [-0.39, 0.29) is 11.9 Å². The summed E-state index contributed by atoms with van der Waals surface area (Å²) in [5, 5.41) is 3.34. The number of alkyl halides is 3. The van der Waals surface area contributed by atoms with Crippen molar-refractivity contribution in [3.05, 3.63) is 40.2 Å². The van der Waals surface area contributed by atoms with Gasteiger partial charge in [-0.1, -0.05) is 11.3 Å². The van der Waals surface area contributed by atoms with Crippen molar-refractivity contribution in [1.29, 1.82) is 0 Å². The number of nitrogens with one attached hydrogen (secondary N) is 1. The topological polar surface area (TPSA) is 67.4 Å². The predicted octanol–water partition coefficient (Wildman–Crippen LogP) is 4.75. The van der Waals surface area contributed by atoms with Crippen LogP contribution in [0, 0.1) is 6.92 Å². The Morgan fingerprint density at radius 3 is 2.77 bits per heavy atom. The van der Waals surface area contributed by atoms with E-state index in [2.05, 4.69) is 20.2 Å². The van der Waals surface area contributed by atoms with Gasteiger partial charge < -0.3 is 15.0 Å². The SMILES string of the molecule is Cc1ncccc1C(=O)NC1CCC(F)(CCN2CCc3nc(OCC(C)(F)F)sc3CC2)CC1. The third-order valence-electron chi connectivity index (χ3n) is 6.87. The molecule has 4 rings (SSSR count). The first-order valence-corrected chi connectivity index (χ1v) is 13.0. The normalized spacial score (nSPS) is 23.4. The van der Waals surface area contributed by atoms with E-state index < -0.39 is 18.2 Å². The maximum absolute atomic E-state index is 15.5. The number of carbonyl (C=O) groups is 1. The molecule has 192 valence electrons. The van der Waals surface area contributed by atoms with Crippen LogP contribution in [-0.4, -0.2) is 64.6 Å². The van der Waals surface area contributed by atoms with Crippen molar-refractivity contribution >= 4 is 17.2 Å². The number of aromatic nitrogens is 2. The van der Waals surface area contributed by atoms with Gasteiger partial charge in [-0.3, -0.25) is 9.78 Å². The number of hydrogen-bond donors (Lipinski definition) is 1. The lowest BCUT2D eigenvalue weighted by molar-refractivity contribution is -0.0230. The van der Waals surface area contributed by atoms with Gasteiger partial charge in [-0.25, -0.2) is 18.2 Å². The second kappa shape index (κ2) is 10.8. The molecule has 2 aliphatic rings. The molecule has 1 amide bonds. The van der Waals surface area contributed by atoms with E-state index in [1.165, 1.54) is 11.3 Å². The lowest BCUT2D eigenvalue weighted by atomic mass is 9.81. The largest absolute Gasteiger partial charge is 0.464 e. The maximum Gasteiger partial charge on any atom is 0.278 e. The van der Waals surface area contributed by atoms with Crippen LogP contribution in [0.1, 0.15) is 65.7 Å². The minimum atomic E-state index is -2.88. The maximum atomic E-state index is 15.5. The lowest BCUT2D eigenvalue weighted by Gasteiger charge is -2.35.